The first kappa shape index (κ1) is 13.2. The number of hydrogen-bond acceptors (Lipinski definition) is 3. The second-order valence-electron chi connectivity index (χ2n) is 3.48. The quantitative estimate of drug-likeness (QED) is 0.845. The summed E-state index contributed by atoms with van der Waals surface area (Å²) in [4.78, 5) is 11.3. The van der Waals surface area contributed by atoms with Crippen LogP contribution in [0.2, 0.25) is 0 Å². The number of nitrogens with one attached hydrogen (secondary N) is 1. The zero-order valence-electron chi connectivity index (χ0n) is 9.50. The molecule has 1 N–H and O–H groups in total. The monoisotopic (exact) mass is 285 g/mol. The van der Waals surface area contributed by atoms with Crippen molar-refractivity contribution in [1.82, 2.24) is 5.32 Å². The van der Waals surface area contributed by atoms with Crippen LogP contribution >= 0.6 is 15.9 Å². The van der Waals surface area contributed by atoms with E-state index in [9.17, 15) is 4.79 Å². The molecule has 1 atom stereocenters. The van der Waals surface area contributed by atoms with Crippen LogP contribution in [-0.4, -0.2) is 18.6 Å². The third-order valence-corrected chi connectivity index (χ3v) is 2.63. The molecule has 0 aliphatic rings. The summed E-state index contributed by atoms with van der Waals surface area (Å²) < 4.78 is 5.94. The highest BCUT2D eigenvalue weighted by molar-refractivity contribution is 9.10. The minimum atomic E-state index is -0.279. The summed E-state index contributed by atoms with van der Waals surface area (Å²) in [6, 6.07) is 7.69. The third kappa shape index (κ3) is 4.33. The van der Waals surface area contributed by atoms with E-state index in [1.54, 1.807) is 13.8 Å². The maximum absolute atomic E-state index is 11.3. The number of hydrogen-bond donors (Lipinski definition) is 1. The van der Waals surface area contributed by atoms with Crippen LogP contribution in [0.3, 0.4) is 0 Å². The molecule has 0 fully saturated rings. The fourth-order valence-corrected chi connectivity index (χ4v) is 1.72. The summed E-state index contributed by atoms with van der Waals surface area (Å²) in [6.07, 6.45) is 0. The first-order valence-corrected chi connectivity index (χ1v) is 6.07. The van der Waals surface area contributed by atoms with E-state index in [0.717, 1.165) is 10.0 Å². The Balaban J connectivity index is 2.42. The molecular weight excluding hydrogens is 270 g/mol. The van der Waals surface area contributed by atoms with Crippen molar-refractivity contribution in [3.05, 3.63) is 34.3 Å². The average molecular weight is 286 g/mol. The van der Waals surface area contributed by atoms with Gasteiger partial charge in [0.05, 0.1) is 6.61 Å². The maximum atomic E-state index is 11.3. The van der Waals surface area contributed by atoms with Crippen molar-refractivity contribution in [1.29, 1.82) is 0 Å². The Bertz CT molecular complexity index is 355. The predicted octanol–water partition coefficient (Wildman–Crippen LogP) is 2.49. The molecule has 0 saturated carbocycles. The molecule has 0 spiro atoms. The molecule has 1 rings (SSSR count). The van der Waals surface area contributed by atoms with Crippen LogP contribution in [0, 0.1) is 0 Å². The molecular formula is C12H16BrNO2. The van der Waals surface area contributed by atoms with Crippen molar-refractivity contribution in [3.63, 3.8) is 0 Å². The lowest BCUT2D eigenvalue weighted by atomic mass is 10.2. The van der Waals surface area contributed by atoms with Gasteiger partial charge in [-0.3, -0.25) is 4.79 Å². The maximum Gasteiger partial charge on any atom is 0.322 e. The summed E-state index contributed by atoms with van der Waals surface area (Å²) in [5, 5.41) is 3.12. The molecule has 0 aliphatic carbocycles. The van der Waals surface area contributed by atoms with E-state index in [2.05, 4.69) is 21.2 Å². The molecule has 0 amide bonds. The van der Waals surface area contributed by atoms with Crippen molar-refractivity contribution in [3.8, 4) is 0 Å². The van der Waals surface area contributed by atoms with Crippen LogP contribution < -0.4 is 5.32 Å². The molecule has 4 heteroatoms. The van der Waals surface area contributed by atoms with Gasteiger partial charge in [0.2, 0.25) is 0 Å². The molecule has 1 unspecified atom stereocenters. The van der Waals surface area contributed by atoms with Crippen molar-refractivity contribution >= 4 is 21.9 Å². The van der Waals surface area contributed by atoms with Crippen LogP contribution in [0.4, 0.5) is 0 Å². The molecule has 88 valence electrons. The van der Waals surface area contributed by atoms with E-state index in [1.807, 2.05) is 24.3 Å². The van der Waals surface area contributed by atoms with Gasteiger partial charge in [0.25, 0.3) is 0 Å². The summed E-state index contributed by atoms with van der Waals surface area (Å²) in [5.74, 6) is -0.211. The standard InChI is InChI=1S/C12H16BrNO2/c1-3-16-12(15)9(2)14-8-10-5-4-6-11(13)7-10/h4-7,9,14H,3,8H2,1-2H3. The molecule has 1 aromatic rings. The number of rotatable bonds is 5. The van der Waals surface area contributed by atoms with Gasteiger partial charge in [-0.25, -0.2) is 0 Å². The van der Waals surface area contributed by atoms with Gasteiger partial charge in [0.15, 0.2) is 0 Å². The summed E-state index contributed by atoms with van der Waals surface area (Å²) in [5.41, 5.74) is 1.13. The Kier molecular flexibility index (Phi) is 5.49. The van der Waals surface area contributed by atoms with E-state index in [4.69, 9.17) is 4.74 Å². The Morgan fingerprint density at radius 1 is 1.56 bits per heavy atom. The molecule has 0 saturated heterocycles. The average Bonchev–Trinajstić information content (AvgIpc) is 2.26. The zero-order chi connectivity index (χ0) is 12.0. The second kappa shape index (κ2) is 6.66. The van der Waals surface area contributed by atoms with Crippen molar-refractivity contribution < 1.29 is 9.53 Å². The molecule has 0 aliphatic heterocycles. The van der Waals surface area contributed by atoms with E-state index in [1.165, 1.54) is 0 Å². The van der Waals surface area contributed by atoms with Gasteiger partial charge in [0, 0.05) is 11.0 Å². The summed E-state index contributed by atoms with van der Waals surface area (Å²) in [7, 11) is 0. The summed E-state index contributed by atoms with van der Waals surface area (Å²) in [6.45, 7) is 4.68. The first-order chi connectivity index (χ1) is 7.63. The number of esters is 1. The first-order valence-electron chi connectivity index (χ1n) is 5.28. The molecule has 0 radical (unpaired) electrons. The Labute approximate surface area is 104 Å². The normalized spacial score (nSPS) is 12.2. The molecule has 0 heterocycles. The highest BCUT2D eigenvalue weighted by atomic mass is 79.9. The Morgan fingerprint density at radius 2 is 2.31 bits per heavy atom. The Morgan fingerprint density at radius 3 is 2.94 bits per heavy atom. The van der Waals surface area contributed by atoms with Crippen LogP contribution in [0.25, 0.3) is 0 Å². The fourth-order valence-electron chi connectivity index (χ4n) is 1.27. The van der Waals surface area contributed by atoms with E-state index >= 15 is 0 Å². The van der Waals surface area contributed by atoms with Crippen molar-refractivity contribution in [2.24, 2.45) is 0 Å². The van der Waals surface area contributed by atoms with Crippen LogP contribution in [0.15, 0.2) is 28.7 Å². The van der Waals surface area contributed by atoms with Gasteiger partial charge in [-0.15, -0.1) is 0 Å². The summed E-state index contributed by atoms with van der Waals surface area (Å²) >= 11 is 3.40. The second-order valence-corrected chi connectivity index (χ2v) is 4.40. The minimum Gasteiger partial charge on any atom is -0.465 e. The van der Waals surface area contributed by atoms with Gasteiger partial charge in [-0.05, 0) is 31.5 Å². The lowest BCUT2D eigenvalue weighted by Crippen LogP contribution is -2.34. The molecule has 0 aromatic heterocycles. The number of halogens is 1. The highest BCUT2D eigenvalue weighted by Crippen LogP contribution is 2.11. The fraction of sp³-hybridized carbons (Fsp3) is 0.417. The van der Waals surface area contributed by atoms with Crippen LogP contribution in [-0.2, 0) is 16.1 Å². The molecule has 16 heavy (non-hydrogen) atoms. The van der Waals surface area contributed by atoms with Crippen LogP contribution in [0.5, 0.6) is 0 Å². The molecule has 3 nitrogen and oxygen atoms in total. The third-order valence-electron chi connectivity index (χ3n) is 2.14. The van der Waals surface area contributed by atoms with Gasteiger partial charge < -0.3 is 10.1 Å². The number of carbonyl (C=O) groups is 1. The minimum absolute atomic E-state index is 0.211. The number of carbonyl (C=O) groups excluding carboxylic acids is 1. The predicted molar refractivity (Wildman–Crippen MR) is 67.1 cm³/mol. The van der Waals surface area contributed by atoms with Gasteiger partial charge >= 0.3 is 5.97 Å². The molecule has 0 bridgehead atoms. The number of benzene rings is 1. The zero-order valence-corrected chi connectivity index (χ0v) is 11.1. The topological polar surface area (TPSA) is 38.3 Å². The Hall–Kier alpha value is -0.870. The SMILES string of the molecule is CCOC(=O)C(C)NCc1cccc(Br)c1. The lowest BCUT2D eigenvalue weighted by Gasteiger charge is -2.12. The highest BCUT2D eigenvalue weighted by Gasteiger charge is 2.12. The van der Waals surface area contributed by atoms with Crippen molar-refractivity contribution in [2.75, 3.05) is 6.61 Å². The number of ether oxygens (including phenoxy) is 1. The van der Waals surface area contributed by atoms with Crippen molar-refractivity contribution in [2.45, 2.75) is 26.4 Å². The van der Waals surface area contributed by atoms with E-state index < -0.39 is 0 Å². The van der Waals surface area contributed by atoms with Gasteiger partial charge in [-0.1, -0.05) is 28.1 Å². The lowest BCUT2D eigenvalue weighted by molar-refractivity contribution is -0.145. The van der Waals surface area contributed by atoms with Crippen LogP contribution in [0.1, 0.15) is 19.4 Å². The van der Waals surface area contributed by atoms with Gasteiger partial charge in [-0.2, -0.15) is 0 Å². The largest absolute Gasteiger partial charge is 0.465 e. The van der Waals surface area contributed by atoms with Gasteiger partial charge in [0.1, 0.15) is 6.04 Å². The smallest absolute Gasteiger partial charge is 0.322 e. The molecule has 1 aromatic carbocycles. The van der Waals surface area contributed by atoms with E-state index in [-0.39, 0.29) is 12.0 Å². The van der Waals surface area contributed by atoms with E-state index in [0.29, 0.717) is 13.2 Å².